The summed E-state index contributed by atoms with van der Waals surface area (Å²) >= 11 is 0. The summed E-state index contributed by atoms with van der Waals surface area (Å²) in [5, 5.41) is 0. The van der Waals surface area contributed by atoms with Crippen molar-refractivity contribution in [3.8, 4) is 11.5 Å². The number of pyridine rings is 1. The fraction of sp³-hybridized carbons (Fsp3) is 0.294. The number of hydrogen-bond donors (Lipinski definition) is 0. The van der Waals surface area contributed by atoms with E-state index in [9.17, 15) is 4.79 Å². The second-order valence-electron chi connectivity index (χ2n) is 5.32. The van der Waals surface area contributed by atoms with Gasteiger partial charge >= 0.3 is 5.97 Å². The van der Waals surface area contributed by atoms with E-state index in [1.54, 1.807) is 18.5 Å². The van der Waals surface area contributed by atoms with Gasteiger partial charge in [-0.05, 0) is 42.2 Å². The molecule has 1 aliphatic heterocycles. The number of fused-ring (bicyclic) bond motifs is 1. The van der Waals surface area contributed by atoms with Crippen LogP contribution in [0.1, 0.15) is 43.4 Å². The van der Waals surface area contributed by atoms with E-state index in [2.05, 4.69) is 4.98 Å². The number of ether oxygens (including phenoxy) is 2. The van der Waals surface area contributed by atoms with Crippen LogP contribution in [0.3, 0.4) is 0 Å². The molecule has 0 aliphatic carbocycles. The van der Waals surface area contributed by atoms with Crippen LogP contribution >= 0.6 is 0 Å². The van der Waals surface area contributed by atoms with Crippen LogP contribution in [0.25, 0.3) is 0 Å². The Morgan fingerprint density at radius 2 is 2.05 bits per heavy atom. The standard InChI is InChI=1S/C17H17NO3/c1-11-9-17(19)21-16-10-14(3-4-15(11)16)20-12(2)13-5-7-18-8-6-13/h3-8,10-12H,9H2,1-2H3. The summed E-state index contributed by atoms with van der Waals surface area (Å²) in [6.45, 7) is 4.00. The van der Waals surface area contributed by atoms with Gasteiger partial charge in [-0.3, -0.25) is 9.78 Å². The minimum Gasteiger partial charge on any atom is -0.486 e. The molecule has 108 valence electrons. The molecule has 0 amide bonds. The fourth-order valence-corrected chi connectivity index (χ4v) is 2.51. The molecule has 2 atom stereocenters. The van der Waals surface area contributed by atoms with Crippen molar-refractivity contribution >= 4 is 5.97 Å². The normalized spacial score (nSPS) is 18.6. The Labute approximate surface area is 123 Å². The average Bonchev–Trinajstić information content (AvgIpc) is 2.47. The van der Waals surface area contributed by atoms with Gasteiger partial charge in [0.2, 0.25) is 0 Å². The van der Waals surface area contributed by atoms with Crippen LogP contribution in [0, 0.1) is 0 Å². The first-order valence-electron chi connectivity index (χ1n) is 7.04. The number of carbonyl (C=O) groups is 1. The molecule has 0 N–H and O–H groups in total. The van der Waals surface area contributed by atoms with Gasteiger partial charge in [-0.25, -0.2) is 0 Å². The number of aromatic nitrogens is 1. The summed E-state index contributed by atoms with van der Waals surface area (Å²) < 4.78 is 11.2. The molecule has 1 aromatic carbocycles. The van der Waals surface area contributed by atoms with Crippen molar-refractivity contribution in [1.82, 2.24) is 4.98 Å². The zero-order valence-corrected chi connectivity index (χ0v) is 12.1. The van der Waals surface area contributed by atoms with Gasteiger partial charge in [0.1, 0.15) is 17.6 Å². The molecule has 0 spiro atoms. The summed E-state index contributed by atoms with van der Waals surface area (Å²) in [4.78, 5) is 15.5. The van der Waals surface area contributed by atoms with Gasteiger partial charge in [0, 0.05) is 18.5 Å². The number of esters is 1. The van der Waals surface area contributed by atoms with Crippen LogP contribution in [0.2, 0.25) is 0 Å². The Hall–Kier alpha value is -2.36. The van der Waals surface area contributed by atoms with Gasteiger partial charge in [-0.15, -0.1) is 0 Å². The van der Waals surface area contributed by atoms with Crippen LogP contribution in [-0.2, 0) is 4.79 Å². The molecule has 0 saturated carbocycles. The number of benzene rings is 1. The average molecular weight is 283 g/mol. The molecule has 4 nitrogen and oxygen atoms in total. The maximum Gasteiger partial charge on any atom is 0.311 e. The van der Waals surface area contributed by atoms with Gasteiger partial charge in [0.05, 0.1) is 6.42 Å². The maximum atomic E-state index is 11.5. The molecule has 2 aromatic rings. The minimum absolute atomic E-state index is 0.0947. The summed E-state index contributed by atoms with van der Waals surface area (Å²) in [7, 11) is 0. The van der Waals surface area contributed by atoms with Crippen LogP contribution in [0.5, 0.6) is 11.5 Å². The molecule has 0 fully saturated rings. The summed E-state index contributed by atoms with van der Waals surface area (Å²) in [5.41, 5.74) is 2.10. The van der Waals surface area contributed by atoms with Crippen LogP contribution in [0.15, 0.2) is 42.7 Å². The smallest absolute Gasteiger partial charge is 0.311 e. The first-order chi connectivity index (χ1) is 10.1. The Kier molecular flexibility index (Phi) is 3.60. The third kappa shape index (κ3) is 2.89. The van der Waals surface area contributed by atoms with E-state index >= 15 is 0 Å². The predicted octanol–water partition coefficient (Wildman–Crippen LogP) is 3.63. The Balaban J connectivity index is 1.81. The van der Waals surface area contributed by atoms with Crippen molar-refractivity contribution in [2.45, 2.75) is 32.3 Å². The Morgan fingerprint density at radius 1 is 1.29 bits per heavy atom. The molecule has 1 aromatic heterocycles. The Bertz CT molecular complexity index is 654. The molecule has 2 heterocycles. The van der Waals surface area contributed by atoms with E-state index in [4.69, 9.17) is 9.47 Å². The quantitative estimate of drug-likeness (QED) is 0.637. The summed E-state index contributed by atoms with van der Waals surface area (Å²) in [6, 6.07) is 9.53. The summed E-state index contributed by atoms with van der Waals surface area (Å²) in [6.07, 6.45) is 3.82. The second kappa shape index (κ2) is 5.56. The van der Waals surface area contributed by atoms with Gasteiger partial charge in [0.25, 0.3) is 0 Å². The largest absolute Gasteiger partial charge is 0.486 e. The third-order valence-corrected chi connectivity index (χ3v) is 3.70. The van der Waals surface area contributed by atoms with Crippen LogP contribution < -0.4 is 9.47 Å². The van der Waals surface area contributed by atoms with Crippen molar-refractivity contribution in [2.75, 3.05) is 0 Å². The van der Waals surface area contributed by atoms with Crippen LogP contribution in [-0.4, -0.2) is 11.0 Å². The lowest BCUT2D eigenvalue weighted by Gasteiger charge is -2.22. The van der Waals surface area contributed by atoms with Crippen molar-refractivity contribution < 1.29 is 14.3 Å². The first-order valence-corrected chi connectivity index (χ1v) is 7.04. The van der Waals surface area contributed by atoms with Crippen molar-refractivity contribution in [2.24, 2.45) is 0 Å². The lowest BCUT2D eigenvalue weighted by molar-refractivity contribution is -0.135. The zero-order valence-electron chi connectivity index (χ0n) is 12.1. The Morgan fingerprint density at radius 3 is 2.81 bits per heavy atom. The van der Waals surface area contributed by atoms with Gasteiger partial charge in [-0.2, -0.15) is 0 Å². The topological polar surface area (TPSA) is 48.4 Å². The lowest BCUT2D eigenvalue weighted by Crippen LogP contribution is -2.18. The molecule has 0 radical (unpaired) electrons. The van der Waals surface area contributed by atoms with Crippen molar-refractivity contribution in [3.05, 3.63) is 53.9 Å². The SMILES string of the molecule is CC1CC(=O)Oc2cc(OC(C)c3ccncc3)ccc21. The van der Waals surface area contributed by atoms with Gasteiger partial charge < -0.3 is 9.47 Å². The highest BCUT2D eigenvalue weighted by Crippen LogP contribution is 2.37. The van der Waals surface area contributed by atoms with E-state index in [1.165, 1.54) is 0 Å². The monoisotopic (exact) mass is 283 g/mol. The van der Waals surface area contributed by atoms with E-state index in [0.717, 1.165) is 11.1 Å². The van der Waals surface area contributed by atoms with Crippen LogP contribution in [0.4, 0.5) is 0 Å². The van der Waals surface area contributed by atoms with Crippen molar-refractivity contribution in [3.63, 3.8) is 0 Å². The lowest BCUT2D eigenvalue weighted by atomic mass is 9.95. The highest BCUT2D eigenvalue weighted by Gasteiger charge is 2.24. The van der Waals surface area contributed by atoms with Gasteiger partial charge in [-0.1, -0.05) is 13.0 Å². The predicted molar refractivity (Wildman–Crippen MR) is 78.4 cm³/mol. The van der Waals surface area contributed by atoms with E-state index < -0.39 is 0 Å². The molecular formula is C17H17NO3. The van der Waals surface area contributed by atoms with E-state index in [1.807, 2.05) is 38.1 Å². The first kappa shape index (κ1) is 13.6. The van der Waals surface area contributed by atoms with E-state index in [0.29, 0.717) is 17.9 Å². The fourth-order valence-electron chi connectivity index (χ4n) is 2.51. The van der Waals surface area contributed by atoms with Crippen molar-refractivity contribution in [1.29, 1.82) is 0 Å². The second-order valence-corrected chi connectivity index (χ2v) is 5.32. The molecule has 0 saturated heterocycles. The third-order valence-electron chi connectivity index (χ3n) is 3.70. The molecule has 3 rings (SSSR count). The minimum atomic E-state index is -0.186. The summed E-state index contributed by atoms with van der Waals surface area (Å²) in [5.74, 6) is 1.31. The number of hydrogen-bond acceptors (Lipinski definition) is 4. The molecule has 21 heavy (non-hydrogen) atoms. The molecule has 0 bridgehead atoms. The van der Waals surface area contributed by atoms with E-state index in [-0.39, 0.29) is 18.0 Å². The number of nitrogens with zero attached hydrogens (tertiary/aromatic N) is 1. The molecule has 2 unspecified atom stereocenters. The molecule has 1 aliphatic rings. The molecular weight excluding hydrogens is 266 g/mol. The highest BCUT2D eigenvalue weighted by atomic mass is 16.5. The molecule has 4 heteroatoms. The van der Waals surface area contributed by atoms with Gasteiger partial charge in [0.15, 0.2) is 0 Å². The maximum absolute atomic E-state index is 11.5. The highest BCUT2D eigenvalue weighted by molar-refractivity contribution is 5.76. The zero-order chi connectivity index (χ0) is 14.8. The number of rotatable bonds is 3. The number of carbonyl (C=O) groups excluding carboxylic acids is 1.